The molecule has 1 aromatic carbocycles. The summed E-state index contributed by atoms with van der Waals surface area (Å²) >= 11 is 0. The summed E-state index contributed by atoms with van der Waals surface area (Å²) in [7, 11) is -2.83. The summed E-state index contributed by atoms with van der Waals surface area (Å²) in [5.41, 5.74) is 7.11. The van der Waals surface area contributed by atoms with Gasteiger partial charge in [0.2, 0.25) is 0 Å². The van der Waals surface area contributed by atoms with E-state index in [4.69, 9.17) is 5.73 Å². The Morgan fingerprint density at radius 1 is 1.19 bits per heavy atom. The second-order valence-corrected chi connectivity index (χ2v) is 6.40. The fourth-order valence-corrected chi connectivity index (χ4v) is 2.32. The van der Waals surface area contributed by atoms with Gasteiger partial charge in [0.1, 0.15) is 9.84 Å². The third-order valence-corrected chi connectivity index (χ3v) is 3.54. The van der Waals surface area contributed by atoms with Gasteiger partial charge in [0.15, 0.2) is 0 Å². The minimum absolute atomic E-state index is 0.0146. The molecule has 0 aromatic heterocycles. The fourth-order valence-electron chi connectivity index (χ4n) is 1.60. The molecule has 0 aliphatic heterocycles. The van der Waals surface area contributed by atoms with Crippen LogP contribution >= 0.6 is 0 Å². The lowest BCUT2D eigenvalue weighted by Gasteiger charge is -2.11. The van der Waals surface area contributed by atoms with Gasteiger partial charge in [0.05, 0.1) is 0 Å². The van der Waals surface area contributed by atoms with Crippen LogP contribution in [0.4, 0.5) is 0 Å². The van der Waals surface area contributed by atoms with Crippen LogP contribution in [0.25, 0.3) is 0 Å². The Bertz CT molecular complexity index is 400. The Hall–Kier alpha value is -0.870. The third-order valence-electron chi connectivity index (χ3n) is 2.51. The molecule has 0 heterocycles. The van der Waals surface area contributed by atoms with E-state index in [1.807, 2.05) is 30.3 Å². The molecular formula is C12H19NO2S. The molecule has 0 spiro atoms. The van der Waals surface area contributed by atoms with Gasteiger partial charge in [-0.15, -0.1) is 0 Å². The molecule has 0 bridgehead atoms. The van der Waals surface area contributed by atoms with E-state index in [1.54, 1.807) is 0 Å². The number of unbranched alkanes of at least 4 members (excludes halogenated alkanes) is 1. The lowest BCUT2D eigenvalue weighted by molar-refractivity contribution is 0.580. The summed E-state index contributed by atoms with van der Waals surface area (Å²) in [6.07, 6.45) is 3.64. The zero-order valence-corrected chi connectivity index (χ0v) is 10.4. The summed E-state index contributed by atoms with van der Waals surface area (Å²) in [5.74, 6) is 0.258. The zero-order valence-electron chi connectivity index (χ0n) is 9.59. The average Bonchev–Trinajstić information content (AvgIpc) is 2.24. The van der Waals surface area contributed by atoms with Crippen LogP contribution in [0.15, 0.2) is 30.3 Å². The number of hydrogen-bond donors (Lipinski definition) is 1. The third kappa shape index (κ3) is 5.28. The SMILES string of the molecule is CS(=O)(=O)CCCCC(N)c1ccccc1. The Morgan fingerprint density at radius 3 is 2.38 bits per heavy atom. The fraction of sp³-hybridized carbons (Fsp3) is 0.500. The maximum absolute atomic E-state index is 10.9. The molecule has 2 N–H and O–H groups in total. The van der Waals surface area contributed by atoms with Crippen molar-refractivity contribution in [3.8, 4) is 0 Å². The van der Waals surface area contributed by atoms with E-state index in [9.17, 15) is 8.42 Å². The van der Waals surface area contributed by atoms with Crippen molar-refractivity contribution in [2.24, 2.45) is 5.73 Å². The van der Waals surface area contributed by atoms with Gasteiger partial charge in [-0.25, -0.2) is 8.42 Å². The van der Waals surface area contributed by atoms with Crippen molar-refractivity contribution in [2.75, 3.05) is 12.0 Å². The van der Waals surface area contributed by atoms with E-state index in [0.29, 0.717) is 6.42 Å². The predicted octanol–water partition coefficient (Wildman–Crippen LogP) is 1.90. The summed E-state index contributed by atoms with van der Waals surface area (Å²) < 4.78 is 21.8. The number of hydrogen-bond acceptors (Lipinski definition) is 3. The smallest absolute Gasteiger partial charge is 0.147 e. The highest BCUT2D eigenvalue weighted by atomic mass is 32.2. The van der Waals surface area contributed by atoms with Crippen LogP contribution in [-0.4, -0.2) is 20.4 Å². The molecule has 1 rings (SSSR count). The van der Waals surface area contributed by atoms with Gasteiger partial charge in [0, 0.05) is 18.1 Å². The number of rotatable bonds is 6. The Kier molecular flexibility index (Phi) is 4.96. The summed E-state index contributed by atoms with van der Waals surface area (Å²) in [5, 5.41) is 0. The van der Waals surface area contributed by atoms with Gasteiger partial charge in [0.25, 0.3) is 0 Å². The average molecular weight is 241 g/mol. The van der Waals surface area contributed by atoms with Gasteiger partial charge in [-0.05, 0) is 18.4 Å². The molecule has 1 atom stereocenters. The molecule has 0 saturated heterocycles. The van der Waals surface area contributed by atoms with E-state index in [1.165, 1.54) is 6.26 Å². The van der Waals surface area contributed by atoms with Crippen LogP contribution in [0, 0.1) is 0 Å². The normalized spacial score (nSPS) is 13.6. The lowest BCUT2D eigenvalue weighted by Crippen LogP contribution is -2.11. The minimum atomic E-state index is -2.83. The molecule has 0 aliphatic rings. The first-order valence-electron chi connectivity index (χ1n) is 5.47. The molecule has 4 heteroatoms. The molecule has 3 nitrogen and oxygen atoms in total. The quantitative estimate of drug-likeness (QED) is 0.774. The van der Waals surface area contributed by atoms with Crippen molar-refractivity contribution in [3.63, 3.8) is 0 Å². The maximum Gasteiger partial charge on any atom is 0.147 e. The molecule has 0 radical (unpaired) electrons. The summed E-state index contributed by atoms with van der Waals surface area (Å²) in [6.45, 7) is 0. The molecule has 90 valence electrons. The highest BCUT2D eigenvalue weighted by molar-refractivity contribution is 7.90. The first-order chi connectivity index (χ1) is 7.49. The second-order valence-electron chi connectivity index (χ2n) is 4.14. The lowest BCUT2D eigenvalue weighted by atomic mass is 10.0. The number of nitrogens with two attached hydrogens (primary N) is 1. The largest absolute Gasteiger partial charge is 0.324 e. The highest BCUT2D eigenvalue weighted by Gasteiger charge is 2.06. The zero-order chi connectivity index (χ0) is 12.0. The minimum Gasteiger partial charge on any atom is -0.324 e. The van der Waals surface area contributed by atoms with E-state index >= 15 is 0 Å². The van der Waals surface area contributed by atoms with Crippen molar-refractivity contribution in [1.82, 2.24) is 0 Å². The molecule has 16 heavy (non-hydrogen) atoms. The molecule has 0 fully saturated rings. The van der Waals surface area contributed by atoms with Crippen LogP contribution in [-0.2, 0) is 9.84 Å². The predicted molar refractivity (Wildman–Crippen MR) is 66.9 cm³/mol. The summed E-state index contributed by atoms with van der Waals surface area (Å²) in [6, 6.07) is 9.90. The second kappa shape index (κ2) is 6.01. The van der Waals surface area contributed by atoms with Crippen molar-refractivity contribution in [1.29, 1.82) is 0 Å². The first kappa shape index (κ1) is 13.2. The molecule has 0 amide bonds. The first-order valence-corrected chi connectivity index (χ1v) is 7.53. The van der Waals surface area contributed by atoms with Crippen molar-refractivity contribution in [3.05, 3.63) is 35.9 Å². The van der Waals surface area contributed by atoms with Crippen LogP contribution < -0.4 is 5.73 Å². The molecule has 0 aliphatic carbocycles. The molecule has 0 saturated carbocycles. The topological polar surface area (TPSA) is 60.2 Å². The van der Waals surface area contributed by atoms with Crippen molar-refractivity contribution in [2.45, 2.75) is 25.3 Å². The van der Waals surface area contributed by atoms with Crippen LogP contribution in [0.3, 0.4) is 0 Å². The number of benzene rings is 1. The molecule has 1 unspecified atom stereocenters. The van der Waals surface area contributed by atoms with Gasteiger partial charge in [-0.2, -0.15) is 0 Å². The van der Waals surface area contributed by atoms with Crippen molar-refractivity contribution >= 4 is 9.84 Å². The van der Waals surface area contributed by atoms with Gasteiger partial charge < -0.3 is 5.73 Å². The Labute approximate surface area is 97.6 Å². The Morgan fingerprint density at radius 2 is 1.81 bits per heavy atom. The van der Waals surface area contributed by atoms with E-state index in [0.717, 1.165) is 18.4 Å². The molecular weight excluding hydrogens is 222 g/mol. The van der Waals surface area contributed by atoms with Gasteiger partial charge >= 0.3 is 0 Å². The Balaban J connectivity index is 2.29. The maximum atomic E-state index is 10.9. The van der Waals surface area contributed by atoms with E-state index in [2.05, 4.69) is 0 Å². The standard InChI is InChI=1S/C12H19NO2S/c1-16(14,15)10-6-5-9-12(13)11-7-3-2-4-8-11/h2-4,7-8,12H,5-6,9-10,13H2,1H3. The van der Waals surface area contributed by atoms with Gasteiger partial charge in [-0.3, -0.25) is 0 Å². The highest BCUT2D eigenvalue weighted by Crippen LogP contribution is 2.16. The number of sulfone groups is 1. The van der Waals surface area contributed by atoms with Gasteiger partial charge in [-0.1, -0.05) is 36.8 Å². The van der Waals surface area contributed by atoms with Crippen LogP contribution in [0.1, 0.15) is 30.9 Å². The van der Waals surface area contributed by atoms with E-state index < -0.39 is 9.84 Å². The summed E-state index contributed by atoms with van der Waals surface area (Å²) in [4.78, 5) is 0. The van der Waals surface area contributed by atoms with Crippen molar-refractivity contribution < 1.29 is 8.42 Å². The monoisotopic (exact) mass is 241 g/mol. The molecule has 1 aromatic rings. The van der Waals surface area contributed by atoms with Crippen LogP contribution in [0.5, 0.6) is 0 Å². The van der Waals surface area contributed by atoms with Crippen LogP contribution in [0.2, 0.25) is 0 Å². The van der Waals surface area contributed by atoms with E-state index in [-0.39, 0.29) is 11.8 Å².